The van der Waals surface area contributed by atoms with E-state index < -0.39 is 0 Å². The normalized spacial score (nSPS) is 10.5. The minimum atomic E-state index is 0.617. The minimum absolute atomic E-state index is 0.617. The Morgan fingerprint density at radius 1 is 1.35 bits per heavy atom. The largest absolute Gasteiger partial charge is 0.481 e. The summed E-state index contributed by atoms with van der Waals surface area (Å²) in [6, 6.07) is 5.70. The summed E-state index contributed by atoms with van der Waals surface area (Å²) in [6.07, 6.45) is 0. The Labute approximate surface area is 105 Å². The number of rotatable bonds is 5. The van der Waals surface area contributed by atoms with Crippen molar-refractivity contribution in [1.82, 2.24) is 15.3 Å². The highest BCUT2D eigenvalue weighted by atomic mass is 32.1. The molecular weight excluding hydrogens is 234 g/mol. The fourth-order valence-corrected chi connectivity index (χ4v) is 2.19. The first-order valence-electron chi connectivity index (χ1n) is 5.50. The summed E-state index contributed by atoms with van der Waals surface area (Å²) in [6.45, 7) is 3.83. The van der Waals surface area contributed by atoms with Gasteiger partial charge < -0.3 is 10.1 Å². The molecule has 0 unspecified atom stereocenters. The van der Waals surface area contributed by atoms with Crippen LogP contribution in [0.4, 0.5) is 0 Å². The molecule has 2 rings (SSSR count). The van der Waals surface area contributed by atoms with Gasteiger partial charge in [0.05, 0.1) is 12.8 Å². The van der Waals surface area contributed by atoms with Crippen molar-refractivity contribution in [3.63, 3.8) is 0 Å². The van der Waals surface area contributed by atoms with Gasteiger partial charge in [0.25, 0.3) is 0 Å². The highest BCUT2D eigenvalue weighted by Crippen LogP contribution is 2.23. The number of thiazole rings is 1. The van der Waals surface area contributed by atoms with Gasteiger partial charge in [-0.25, -0.2) is 9.97 Å². The molecule has 0 spiro atoms. The molecule has 4 nitrogen and oxygen atoms in total. The van der Waals surface area contributed by atoms with Crippen LogP contribution in [-0.4, -0.2) is 23.6 Å². The van der Waals surface area contributed by atoms with E-state index in [1.54, 1.807) is 18.4 Å². The zero-order valence-electron chi connectivity index (χ0n) is 9.93. The molecule has 0 aliphatic heterocycles. The molecule has 90 valence electrons. The maximum atomic E-state index is 5.10. The maximum absolute atomic E-state index is 5.10. The molecule has 1 N–H and O–H groups in total. The number of hydrogen-bond acceptors (Lipinski definition) is 5. The molecule has 0 aromatic carbocycles. The van der Waals surface area contributed by atoms with Crippen LogP contribution in [-0.2, 0) is 6.54 Å². The molecule has 17 heavy (non-hydrogen) atoms. The maximum Gasteiger partial charge on any atom is 0.213 e. The summed E-state index contributed by atoms with van der Waals surface area (Å²) in [7, 11) is 1.62. The van der Waals surface area contributed by atoms with E-state index in [4.69, 9.17) is 4.74 Å². The Hall–Kier alpha value is -1.46. The lowest BCUT2D eigenvalue weighted by Crippen LogP contribution is -2.11. The predicted molar refractivity (Wildman–Crippen MR) is 69.3 cm³/mol. The van der Waals surface area contributed by atoms with Gasteiger partial charge >= 0.3 is 0 Å². The van der Waals surface area contributed by atoms with Crippen LogP contribution in [0.2, 0.25) is 0 Å². The number of nitrogens with zero attached hydrogens (tertiary/aromatic N) is 2. The van der Waals surface area contributed by atoms with Gasteiger partial charge in [-0.3, -0.25) is 0 Å². The van der Waals surface area contributed by atoms with Gasteiger partial charge in [0.15, 0.2) is 0 Å². The topological polar surface area (TPSA) is 47.0 Å². The fourth-order valence-electron chi connectivity index (χ4n) is 1.41. The van der Waals surface area contributed by atoms with Crippen molar-refractivity contribution in [3.05, 3.63) is 29.3 Å². The first-order valence-corrected chi connectivity index (χ1v) is 6.38. The summed E-state index contributed by atoms with van der Waals surface area (Å²) in [5.74, 6) is 0.617. The standard InChI is InChI=1S/C12H15N3OS/c1-3-13-7-9-8-17-12(14-9)10-5-4-6-11(15-10)16-2/h4-6,8,13H,3,7H2,1-2H3. The van der Waals surface area contributed by atoms with Crippen molar-refractivity contribution in [2.75, 3.05) is 13.7 Å². The summed E-state index contributed by atoms with van der Waals surface area (Å²) >= 11 is 1.60. The van der Waals surface area contributed by atoms with Crippen LogP contribution in [0.5, 0.6) is 5.88 Å². The van der Waals surface area contributed by atoms with Crippen LogP contribution >= 0.6 is 11.3 Å². The van der Waals surface area contributed by atoms with E-state index in [0.717, 1.165) is 29.5 Å². The molecule has 5 heteroatoms. The summed E-state index contributed by atoms with van der Waals surface area (Å²) in [5.41, 5.74) is 1.91. The lowest BCUT2D eigenvalue weighted by Gasteiger charge is -2.00. The predicted octanol–water partition coefficient (Wildman–Crippen LogP) is 2.32. The molecular formula is C12H15N3OS. The first-order chi connectivity index (χ1) is 8.33. The van der Waals surface area contributed by atoms with Crippen LogP contribution in [0.15, 0.2) is 23.6 Å². The van der Waals surface area contributed by atoms with Gasteiger partial charge in [-0.2, -0.15) is 0 Å². The highest BCUT2D eigenvalue weighted by molar-refractivity contribution is 7.13. The molecule has 0 radical (unpaired) electrons. The Morgan fingerprint density at radius 3 is 3.00 bits per heavy atom. The van der Waals surface area contributed by atoms with Gasteiger partial charge in [-0.1, -0.05) is 13.0 Å². The Bertz CT molecular complexity index is 484. The lowest BCUT2D eigenvalue weighted by molar-refractivity contribution is 0.398. The van der Waals surface area contributed by atoms with Crippen LogP contribution in [0.1, 0.15) is 12.6 Å². The second-order valence-electron chi connectivity index (χ2n) is 3.49. The van der Waals surface area contributed by atoms with Gasteiger partial charge in [0, 0.05) is 18.0 Å². The smallest absolute Gasteiger partial charge is 0.213 e. The molecule has 0 saturated heterocycles. The van der Waals surface area contributed by atoms with E-state index in [-0.39, 0.29) is 0 Å². The quantitative estimate of drug-likeness (QED) is 0.883. The Balaban J connectivity index is 2.18. The number of pyridine rings is 1. The zero-order valence-corrected chi connectivity index (χ0v) is 10.8. The summed E-state index contributed by atoms with van der Waals surface area (Å²) in [5, 5.41) is 6.23. The molecule has 2 heterocycles. The third kappa shape index (κ3) is 3.01. The third-order valence-corrected chi connectivity index (χ3v) is 3.17. The van der Waals surface area contributed by atoms with E-state index in [9.17, 15) is 0 Å². The van der Waals surface area contributed by atoms with Gasteiger partial charge in [0.1, 0.15) is 10.7 Å². The molecule has 0 bridgehead atoms. The molecule has 2 aromatic heterocycles. The minimum Gasteiger partial charge on any atom is -0.481 e. The molecule has 2 aromatic rings. The highest BCUT2D eigenvalue weighted by Gasteiger charge is 2.06. The molecule has 0 atom stereocenters. The average molecular weight is 249 g/mol. The number of hydrogen-bond donors (Lipinski definition) is 1. The van der Waals surface area contributed by atoms with Crippen molar-refractivity contribution in [2.45, 2.75) is 13.5 Å². The summed E-state index contributed by atoms with van der Waals surface area (Å²) in [4.78, 5) is 8.89. The van der Waals surface area contributed by atoms with E-state index in [0.29, 0.717) is 5.88 Å². The van der Waals surface area contributed by atoms with Crippen LogP contribution < -0.4 is 10.1 Å². The first kappa shape index (κ1) is 12.0. The van der Waals surface area contributed by atoms with Crippen LogP contribution in [0.3, 0.4) is 0 Å². The van der Waals surface area contributed by atoms with Crippen LogP contribution in [0.25, 0.3) is 10.7 Å². The Kier molecular flexibility index (Phi) is 4.06. The second kappa shape index (κ2) is 5.75. The van der Waals surface area contributed by atoms with E-state index in [1.165, 1.54) is 0 Å². The molecule has 0 aliphatic carbocycles. The van der Waals surface area contributed by atoms with Crippen molar-refractivity contribution < 1.29 is 4.74 Å². The number of aromatic nitrogens is 2. The fraction of sp³-hybridized carbons (Fsp3) is 0.333. The lowest BCUT2D eigenvalue weighted by atomic mass is 10.3. The van der Waals surface area contributed by atoms with Crippen molar-refractivity contribution in [1.29, 1.82) is 0 Å². The molecule has 0 saturated carbocycles. The van der Waals surface area contributed by atoms with Crippen LogP contribution in [0, 0.1) is 0 Å². The van der Waals surface area contributed by atoms with E-state index in [2.05, 4.69) is 27.6 Å². The molecule has 0 aliphatic rings. The second-order valence-corrected chi connectivity index (χ2v) is 4.35. The SMILES string of the molecule is CCNCc1csc(-c2cccc(OC)n2)n1. The van der Waals surface area contributed by atoms with E-state index >= 15 is 0 Å². The monoisotopic (exact) mass is 249 g/mol. The van der Waals surface area contributed by atoms with Gasteiger partial charge in [-0.05, 0) is 12.6 Å². The van der Waals surface area contributed by atoms with Crippen molar-refractivity contribution in [3.8, 4) is 16.6 Å². The molecule has 0 fully saturated rings. The van der Waals surface area contributed by atoms with Gasteiger partial charge in [-0.15, -0.1) is 11.3 Å². The van der Waals surface area contributed by atoms with Crippen molar-refractivity contribution >= 4 is 11.3 Å². The average Bonchev–Trinajstić information content (AvgIpc) is 2.85. The van der Waals surface area contributed by atoms with E-state index in [1.807, 2.05) is 18.2 Å². The number of ether oxygens (including phenoxy) is 1. The number of methoxy groups -OCH3 is 1. The summed E-state index contributed by atoms with van der Waals surface area (Å²) < 4.78 is 5.10. The zero-order chi connectivity index (χ0) is 12.1. The Morgan fingerprint density at radius 2 is 2.24 bits per heavy atom. The van der Waals surface area contributed by atoms with Crippen molar-refractivity contribution in [2.24, 2.45) is 0 Å². The third-order valence-electron chi connectivity index (χ3n) is 2.26. The number of nitrogens with one attached hydrogen (secondary N) is 1. The van der Waals surface area contributed by atoms with Gasteiger partial charge in [0.2, 0.25) is 5.88 Å². The molecule has 0 amide bonds.